The Morgan fingerprint density at radius 2 is 2.09 bits per heavy atom. The lowest BCUT2D eigenvalue weighted by atomic mass is 10.1. The second-order valence-electron chi connectivity index (χ2n) is 6.21. The van der Waals surface area contributed by atoms with Crippen molar-refractivity contribution in [1.82, 2.24) is 4.90 Å². The zero-order valence-corrected chi connectivity index (χ0v) is 14.5. The summed E-state index contributed by atoms with van der Waals surface area (Å²) >= 11 is 0. The number of rotatable bonds is 6. The number of carbonyl (C=O) groups excluding carboxylic acids is 2. The fraction of sp³-hybridized carbons (Fsp3) is 0.556. The number of ether oxygens (including phenoxy) is 1. The molecule has 0 bridgehead atoms. The number of methoxy groups -OCH3 is 1. The SMILES string of the molecule is COCCCN(C)C(=O)C1CCN(c2ccc(C)c(C)c2)C1=O. The first-order chi connectivity index (χ1) is 11.0. The van der Waals surface area contributed by atoms with Gasteiger partial charge in [-0.1, -0.05) is 6.07 Å². The molecule has 0 N–H and O–H groups in total. The number of nitrogens with zero attached hydrogens (tertiary/aromatic N) is 2. The van der Waals surface area contributed by atoms with Crippen LogP contribution in [0.1, 0.15) is 24.0 Å². The van der Waals surface area contributed by atoms with Gasteiger partial charge in [-0.15, -0.1) is 0 Å². The molecule has 23 heavy (non-hydrogen) atoms. The van der Waals surface area contributed by atoms with Gasteiger partial charge in [0.2, 0.25) is 11.8 Å². The first-order valence-corrected chi connectivity index (χ1v) is 8.08. The number of carbonyl (C=O) groups is 2. The van der Waals surface area contributed by atoms with Crippen LogP contribution in [0.15, 0.2) is 18.2 Å². The van der Waals surface area contributed by atoms with Gasteiger partial charge in [-0.05, 0) is 49.9 Å². The summed E-state index contributed by atoms with van der Waals surface area (Å²) in [7, 11) is 3.40. The zero-order chi connectivity index (χ0) is 17.0. The van der Waals surface area contributed by atoms with E-state index in [2.05, 4.69) is 0 Å². The molecule has 1 aliphatic heterocycles. The molecule has 1 aromatic rings. The summed E-state index contributed by atoms with van der Waals surface area (Å²) in [6.07, 6.45) is 1.36. The normalized spacial score (nSPS) is 17.7. The van der Waals surface area contributed by atoms with E-state index in [1.54, 1.807) is 24.0 Å². The first kappa shape index (κ1) is 17.5. The Kier molecular flexibility index (Phi) is 5.77. The van der Waals surface area contributed by atoms with Crippen molar-refractivity contribution in [2.75, 3.05) is 38.8 Å². The van der Waals surface area contributed by atoms with E-state index in [-0.39, 0.29) is 11.8 Å². The predicted molar refractivity (Wildman–Crippen MR) is 90.5 cm³/mol. The van der Waals surface area contributed by atoms with Gasteiger partial charge in [-0.3, -0.25) is 9.59 Å². The number of amides is 2. The molecule has 5 heteroatoms. The molecular weight excluding hydrogens is 292 g/mol. The molecule has 0 radical (unpaired) electrons. The molecule has 1 saturated heterocycles. The predicted octanol–water partition coefficient (Wildman–Crippen LogP) is 2.15. The first-order valence-electron chi connectivity index (χ1n) is 8.08. The maximum Gasteiger partial charge on any atom is 0.239 e. The Hall–Kier alpha value is -1.88. The summed E-state index contributed by atoms with van der Waals surface area (Å²) in [5.41, 5.74) is 3.24. The van der Waals surface area contributed by atoms with Crippen molar-refractivity contribution in [3.05, 3.63) is 29.3 Å². The van der Waals surface area contributed by atoms with Crippen molar-refractivity contribution in [1.29, 1.82) is 0 Å². The van der Waals surface area contributed by atoms with E-state index in [4.69, 9.17) is 4.74 Å². The molecule has 0 saturated carbocycles. The molecule has 126 valence electrons. The summed E-state index contributed by atoms with van der Waals surface area (Å²) in [4.78, 5) is 28.5. The molecule has 0 aromatic heterocycles. The second-order valence-corrected chi connectivity index (χ2v) is 6.21. The number of benzene rings is 1. The number of hydrogen-bond acceptors (Lipinski definition) is 3. The van der Waals surface area contributed by atoms with Crippen LogP contribution in [0.3, 0.4) is 0 Å². The van der Waals surface area contributed by atoms with E-state index < -0.39 is 5.92 Å². The third-order valence-corrected chi connectivity index (χ3v) is 4.52. The number of aryl methyl sites for hydroxylation is 2. The van der Waals surface area contributed by atoms with Gasteiger partial charge < -0.3 is 14.5 Å². The van der Waals surface area contributed by atoms with Crippen molar-refractivity contribution in [3.63, 3.8) is 0 Å². The van der Waals surface area contributed by atoms with Crippen molar-refractivity contribution in [3.8, 4) is 0 Å². The van der Waals surface area contributed by atoms with Crippen LogP contribution in [0.25, 0.3) is 0 Å². The van der Waals surface area contributed by atoms with Crippen LogP contribution in [0.2, 0.25) is 0 Å². The minimum atomic E-state index is -0.552. The van der Waals surface area contributed by atoms with Crippen LogP contribution < -0.4 is 4.90 Å². The summed E-state index contributed by atoms with van der Waals surface area (Å²) in [5, 5.41) is 0. The molecule has 5 nitrogen and oxygen atoms in total. The Labute approximate surface area is 138 Å². The van der Waals surface area contributed by atoms with Crippen LogP contribution in [-0.2, 0) is 14.3 Å². The fourth-order valence-electron chi connectivity index (χ4n) is 2.88. The average molecular weight is 318 g/mol. The third kappa shape index (κ3) is 3.91. The van der Waals surface area contributed by atoms with Gasteiger partial charge >= 0.3 is 0 Å². The van der Waals surface area contributed by atoms with Crippen LogP contribution >= 0.6 is 0 Å². The smallest absolute Gasteiger partial charge is 0.239 e. The number of hydrogen-bond donors (Lipinski definition) is 0. The highest BCUT2D eigenvalue weighted by molar-refractivity contribution is 6.09. The van der Waals surface area contributed by atoms with Gasteiger partial charge in [-0.2, -0.15) is 0 Å². The van der Waals surface area contributed by atoms with E-state index in [1.165, 1.54) is 5.56 Å². The molecule has 0 aliphatic carbocycles. The monoisotopic (exact) mass is 318 g/mol. The van der Waals surface area contributed by atoms with E-state index in [0.717, 1.165) is 17.7 Å². The van der Waals surface area contributed by atoms with Crippen LogP contribution in [0.4, 0.5) is 5.69 Å². The van der Waals surface area contributed by atoms with Gasteiger partial charge in [0.05, 0.1) is 0 Å². The summed E-state index contributed by atoms with van der Waals surface area (Å²) < 4.78 is 5.00. The molecule has 1 atom stereocenters. The van der Waals surface area contributed by atoms with Crippen LogP contribution in [0.5, 0.6) is 0 Å². The molecule has 2 rings (SSSR count). The maximum atomic E-state index is 12.6. The second kappa shape index (κ2) is 7.59. The Bertz CT molecular complexity index is 586. The highest BCUT2D eigenvalue weighted by atomic mass is 16.5. The lowest BCUT2D eigenvalue weighted by Crippen LogP contribution is -2.38. The summed E-state index contributed by atoms with van der Waals surface area (Å²) in [6.45, 7) is 5.91. The van der Waals surface area contributed by atoms with E-state index >= 15 is 0 Å². The van der Waals surface area contributed by atoms with Gasteiger partial charge in [0, 0.05) is 39.5 Å². The van der Waals surface area contributed by atoms with Crippen LogP contribution in [0, 0.1) is 19.8 Å². The largest absolute Gasteiger partial charge is 0.385 e. The standard InChI is InChI=1S/C18H26N2O3/c1-13-6-7-15(12-14(13)2)20-10-8-16(18(20)22)17(21)19(3)9-5-11-23-4/h6-7,12,16H,5,8-11H2,1-4H3. The third-order valence-electron chi connectivity index (χ3n) is 4.52. The minimum Gasteiger partial charge on any atom is -0.385 e. The minimum absolute atomic E-state index is 0.0857. The Morgan fingerprint density at radius 1 is 1.35 bits per heavy atom. The highest BCUT2D eigenvalue weighted by Crippen LogP contribution is 2.27. The lowest BCUT2D eigenvalue weighted by Gasteiger charge is -2.21. The molecular formula is C18H26N2O3. The van der Waals surface area contributed by atoms with Gasteiger partial charge in [-0.25, -0.2) is 0 Å². The van der Waals surface area contributed by atoms with Crippen molar-refractivity contribution in [2.24, 2.45) is 5.92 Å². The van der Waals surface area contributed by atoms with E-state index in [0.29, 0.717) is 26.1 Å². The van der Waals surface area contributed by atoms with Gasteiger partial charge in [0.1, 0.15) is 5.92 Å². The molecule has 1 unspecified atom stereocenters. The van der Waals surface area contributed by atoms with Crippen molar-refractivity contribution in [2.45, 2.75) is 26.7 Å². The fourth-order valence-corrected chi connectivity index (χ4v) is 2.88. The molecule has 1 fully saturated rings. The maximum absolute atomic E-state index is 12.6. The average Bonchev–Trinajstić information content (AvgIpc) is 2.91. The Morgan fingerprint density at radius 3 is 2.74 bits per heavy atom. The van der Waals surface area contributed by atoms with E-state index in [1.807, 2.05) is 32.0 Å². The number of anilines is 1. The zero-order valence-electron chi connectivity index (χ0n) is 14.5. The van der Waals surface area contributed by atoms with Crippen molar-refractivity contribution >= 4 is 17.5 Å². The topological polar surface area (TPSA) is 49.9 Å². The summed E-state index contributed by atoms with van der Waals surface area (Å²) in [5.74, 6) is -0.724. The summed E-state index contributed by atoms with van der Waals surface area (Å²) in [6, 6.07) is 5.99. The van der Waals surface area contributed by atoms with Crippen molar-refractivity contribution < 1.29 is 14.3 Å². The van der Waals surface area contributed by atoms with Gasteiger partial charge in [0.15, 0.2) is 0 Å². The highest BCUT2D eigenvalue weighted by Gasteiger charge is 2.38. The molecule has 1 aromatic carbocycles. The molecule has 0 spiro atoms. The molecule has 2 amide bonds. The Balaban J connectivity index is 2.03. The van der Waals surface area contributed by atoms with Crippen LogP contribution in [-0.4, -0.2) is 50.6 Å². The van der Waals surface area contributed by atoms with E-state index in [9.17, 15) is 9.59 Å². The molecule has 1 aliphatic rings. The van der Waals surface area contributed by atoms with Gasteiger partial charge in [0.25, 0.3) is 0 Å². The lowest BCUT2D eigenvalue weighted by molar-refractivity contribution is -0.138. The quantitative estimate of drug-likeness (QED) is 0.596. The molecule has 1 heterocycles.